The van der Waals surface area contributed by atoms with Crippen LogP contribution < -0.4 is 16.1 Å². The lowest BCUT2D eigenvalue weighted by Gasteiger charge is -2.20. The van der Waals surface area contributed by atoms with Crippen molar-refractivity contribution >= 4 is 34.5 Å². The Bertz CT molecular complexity index is 1830. The number of aromatic carboxylic acids is 1. The smallest absolute Gasteiger partial charge is 0.337 e. The highest BCUT2D eigenvalue weighted by atomic mass is 16.4. The maximum Gasteiger partial charge on any atom is 0.337 e. The number of carboxylic acid groups (broad SMARTS) is 1. The zero-order valence-electron chi connectivity index (χ0n) is 23.1. The third kappa shape index (κ3) is 5.61. The summed E-state index contributed by atoms with van der Waals surface area (Å²) in [6, 6.07) is 25.8. The molecule has 0 unspecified atom stereocenters. The molecule has 0 saturated heterocycles. The van der Waals surface area contributed by atoms with Gasteiger partial charge in [0, 0.05) is 46.4 Å². The normalized spacial score (nSPS) is 11.7. The third-order valence-electron chi connectivity index (χ3n) is 7.18. The highest BCUT2D eigenvalue weighted by Crippen LogP contribution is 2.34. The van der Waals surface area contributed by atoms with Crippen LogP contribution in [-0.4, -0.2) is 17.3 Å². The van der Waals surface area contributed by atoms with E-state index in [1.807, 2.05) is 74.5 Å². The Kier molecular flexibility index (Phi) is 7.70. The van der Waals surface area contributed by atoms with Crippen molar-refractivity contribution < 1.29 is 14.3 Å². The topological polar surface area (TPSA) is 115 Å². The number of benzene rings is 4. The highest BCUT2D eigenvalue weighted by Gasteiger charge is 2.20. The molecule has 206 valence electrons. The molecule has 1 aromatic heterocycles. The van der Waals surface area contributed by atoms with Gasteiger partial charge in [0.1, 0.15) is 11.3 Å². The van der Waals surface area contributed by atoms with Crippen LogP contribution in [0.2, 0.25) is 0 Å². The van der Waals surface area contributed by atoms with E-state index < -0.39 is 5.97 Å². The first-order valence-corrected chi connectivity index (χ1v) is 13.4. The molecule has 0 aliphatic rings. The molecule has 5 rings (SSSR count). The Morgan fingerprint density at radius 3 is 2.44 bits per heavy atom. The molecule has 0 fully saturated rings. The first-order valence-electron chi connectivity index (χ1n) is 13.4. The molecular weight excluding hydrogens is 514 g/mol. The fourth-order valence-corrected chi connectivity index (χ4v) is 5.05. The molecule has 4 N–H and O–H groups in total. The molecule has 4 aromatic carbocycles. The van der Waals surface area contributed by atoms with E-state index in [4.69, 9.17) is 9.83 Å². The van der Waals surface area contributed by atoms with Crippen molar-refractivity contribution in [2.24, 2.45) is 0 Å². The quantitative estimate of drug-likeness (QED) is 0.142. The number of nitrogens with one attached hydrogen (secondary N) is 3. The monoisotopic (exact) mass is 545 g/mol. The van der Waals surface area contributed by atoms with Crippen molar-refractivity contribution in [1.82, 2.24) is 0 Å². The lowest BCUT2D eigenvalue weighted by atomic mass is 9.98. The number of hydrogen-bond donors (Lipinski definition) is 4. The minimum absolute atomic E-state index is 0.132. The van der Waals surface area contributed by atoms with Crippen LogP contribution in [0.1, 0.15) is 51.1 Å². The van der Waals surface area contributed by atoms with Crippen molar-refractivity contribution in [3.63, 3.8) is 0 Å². The molecule has 0 saturated carbocycles. The van der Waals surface area contributed by atoms with Gasteiger partial charge >= 0.3 is 5.97 Å². The third-order valence-corrected chi connectivity index (χ3v) is 7.18. The van der Waals surface area contributed by atoms with Gasteiger partial charge in [-0.25, -0.2) is 4.79 Å². The Balaban J connectivity index is 1.56. The fourth-order valence-electron chi connectivity index (χ4n) is 5.05. The van der Waals surface area contributed by atoms with Crippen LogP contribution in [0, 0.1) is 19.3 Å². The molecule has 7 nitrogen and oxygen atoms in total. The Labute approximate surface area is 238 Å². The molecule has 1 heterocycles. The van der Waals surface area contributed by atoms with E-state index >= 15 is 0 Å². The van der Waals surface area contributed by atoms with E-state index in [9.17, 15) is 14.7 Å². The van der Waals surface area contributed by atoms with Gasteiger partial charge in [0.05, 0.1) is 17.0 Å². The van der Waals surface area contributed by atoms with Gasteiger partial charge in [-0.2, -0.15) is 0 Å². The summed E-state index contributed by atoms with van der Waals surface area (Å²) in [7, 11) is 0. The number of anilines is 2. The maximum absolute atomic E-state index is 13.6. The summed E-state index contributed by atoms with van der Waals surface area (Å²) < 4.78 is 6.50. The number of hydrogen-bond acceptors (Lipinski definition) is 6. The number of fused-ring (bicyclic) bond motifs is 1. The van der Waals surface area contributed by atoms with Gasteiger partial charge in [-0.15, -0.1) is 0 Å². The minimum atomic E-state index is -1.03. The van der Waals surface area contributed by atoms with Crippen LogP contribution in [0.15, 0.2) is 94.1 Å². The second-order valence-corrected chi connectivity index (χ2v) is 10.1. The lowest BCUT2D eigenvalue weighted by molar-refractivity contribution is 0.0698. The van der Waals surface area contributed by atoms with Gasteiger partial charge < -0.3 is 25.6 Å². The first kappa shape index (κ1) is 27.4. The van der Waals surface area contributed by atoms with Gasteiger partial charge in [0.2, 0.25) is 0 Å². The molecule has 41 heavy (non-hydrogen) atoms. The molecule has 7 heteroatoms. The van der Waals surface area contributed by atoms with E-state index in [-0.39, 0.29) is 17.0 Å². The van der Waals surface area contributed by atoms with Gasteiger partial charge in [-0.05, 0) is 68.3 Å². The molecule has 0 aliphatic heterocycles. The summed E-state index contributed by atoms with van der Waals surface area (Å²) in [6.45, 7) is 6.19. The van der Waals surface area contributed by atoms with Crippen molar-refractivity contribution in [2.45, 2.75) is 33.4 Å². The summed E-state index contributed by atoms with van der Waals surface area (Å²) in [5, 5.41) is 24.8. The molecule has 0 amide bonds. The number of para-hydroxylation sites is 1. The number of aryl methyl sites for hydroxylation is 1. The van der Waals surface area contributed by atoms with Crippen LogP contribution >= 0.6 is 0 Å². The summed E-state index contributed by atoms with van der Waals surface area (Å²) in [4.78, 5) is 25.4. The van der Waals surface area contributed by atoms with E-state index in [2.05, 4.69) is 10.6 Å². The number of carbonyl (C=O) groups is 1. The van der Waals surface area contributed by atoms with E-state index in [1.54, 1.807) is 31.2 Å². The van der Waals surface area contributed by atoms with Gasteiger partial charge in [-0.3, -0.25) is 4.79 Å². The molecule has 5 aromatic rings. The Morgan fingerprint density at radius 1 is 0.976 bits per heavy atom. The Morgan fingerprint density at radius 2 is 1.71 bits per heavy atom. The SMILES string of the molecule is Cc1cc([C@@H](C)Nc2ccccc2C(=O)O)c2oc(-c3ccc(NCc4ccccc4)c(C=N)c3)c(C)c(=O)c2c1. The minimum Gasteiger partial charge on any atom is -0.478 e. The molecule has 1 atom stereocenters. The van der Waals surface area contributed by atoms with Crippen molar-refractivity contribution in [3.05, 3.63) is 129 Å². The predicted molar refractivity (Wildman–Crippen MR) is 164 cm³/mol. The molecule has 0 radical (unpaired) electrons. The molecule has 0 bridgehead atoms. The van der Waals surface area contributed by atoms with E-state index in [1.165, 1.54) is 6.21 Å². The van der Waals surface area contributed by atoms with Crippen molar-refractivity contribution in [1.29, 1.82) is 5.41 Å². The van der Waals surface area contributed by atoms with Crippen LogP contribution in [0.25, 0.3) is 22.3 Å². The second-order valence-electron chi connectivity index (χ2n) is 10.1. The Hall–Kier alpha value is -5.17. The highest BCUT2D eigenvalue weighted by molar-refractivity contribution is 5.94. The van der Waals surface area contributed by atoms with E-state index in [0.29, 0.717) is 45.7 Å². The van der Waals surface area contributed by atoms with Crippen LogP contribution in [-0.2, 0) is 6.54 Å². The summed E-state index contributed by atoms with van der Waals surface area (Å²) in [5.74, 6) is -0.592. The number of rotatable bonds is 9. The average Bonchev–Trinajstić information content (AvgIpc) is 2.98. The second kappa shape index (κ2) is 11.5. The van der Waals surface area contributed by atoms with Gasteiger partial charge in [0.15, 0.2) is 5.43 Å². The summed E-state index contributed by atoms with van der Waals surface area (Å²) in [6.07, 6.45) is 1.28. The molecule has 0 spiro atoms. The standard InChI is InChI=1S/C34H31N3O4/c1-20-15-27(22(3)37-30-12-8-7-11-26(30)34(39)40)33-28(16-20)31(38)21(2)32(41-33)24-13-14-29(25(17-24)18-35)36-19-23-9-5-4-6-10-23/h4-18,22,35-37H,19H2,1-3H3,(H,39,40)/t22-/m1/s1. The zero-order valence-corrected chi connectivity index (χ0v) is 23.1. The summed E-state index contributed by atoms with van der Waals surface area (Å²) in [5.41, 5.74) is 6.36. The van der Waals surface area contributed by atoms with Crippen LogP contribution in [0.5, 0.6) is 0 Å². The van der Waals surface area contributed by atoms with Gasteiger partial charge in [-0.1, -0.05) is 48.5 Å². The predicted octanol–water partition coefficient (Wildman–Crippen LogP) is 7.56. The number of carboxylic acids is 1. The fraction of sp³-hybridized carbons (Fsp3) is 0.147. The zero-order chi connectivity index (χ0) is 29.1. The summed E-state index contributed by atoms with van der Waals surface area (Å²) >= 11 is 0. The molecule has 0 aliphatic carbocycles. The van der Waals surface area contributed by atoms with E-state index in [0.717, 1.165) is 22.4 Å². The first-order chi connectivity index (χ1) is 19.8. The largest absolute Gasteiger partial charge is 0.478 e. The lowest BCUT2D eigenvalue weighted by Crippen LogP contribution is -2.14. The van der Waals surface area contributed by atoms with Crippen molar-refractivity contribution in [3.8, 4) is 11.3 Å². The van der Waals surface area contributed by atoms with Crippen molar-refractivity contribution in [2.75, 3.05) is 10.6 Å². The van der Waals surface area contributed by atoms with Crippen LogP contribution in [0.4, 0.5) is 11.4 Å². The van der Waals surface area contributed by atoms with Gasteiger partial charge in [0.25, 0.3) is 0 Å². The molecular formula is C34H31N3O4. The van der Waals surface area contributed by atoms with Crippen LogP contribution in [0.3, 0.4) is 0 Å². The average molecular weight is 546 g/mol. The maximum atomic E-state index is 13.6.